The highest BCUT2D eigenvalue weighted by Crippen LogP contribution is 2.15. The minimum Gasteiger partial charge on any atom is -0.296 e. The summed E-state index contributed by atoms with van der Waals surface area (Å²) in [6, 6.07) is 0. The monoisotopic (exact) mass is 172 g/mol. The van der Waals surface area contributed by atoms with Crippen LogP contribution in [0.3, 0.4) is 0 Å². The van der Waals surface area contributed by atoms with Gasteiger partial charge in [0.25, 0.3) is 0 Å². The Kier molecular flexibility index (Phi) is 5.37. The lowest BCUT2D eigenvalue weighted by atomic mass is 10.0. The lowest BCUT2D eigenvalue weighted by Gasteiger charge is -2.05. The van der Waals surface area contributed by atoms with Crippen LogP contribution >= 0.6 is 0 Å². The van der Waals surface area contributed by atoms with Gasteiger partial charge in [0.15, 0.2) is 0 Å². The summed E-state index contributed by atoms with van der Waals surface area (Å²) in [5.74, 6) is -0.639. The van der Waals surface area contributed by atoms with E-state index in [2.05, 4.69) is 4.89 Å². The SMILES string of the molecule is CCCC(CC)=C(C)C(=O)OO. The molecule has 0 aliphatic rings. The number of carbonyl (C=O) groups excluding carboxylic acids is 1. The van der Waals surface area contributed by atoms with E-state index in [0.29, 0.717) is 5.57 Å². The summed E-state index contributed by atoms with van der Waals surface area (Å²) < 4.78 is 0. The van der Waals surface area contributed by atoms with Crippen molar-refractivity contribution in [2.45, 2.75) is 40.0 Å². The van der Waals surface area contributed by atoms with Crippen molar-refractivity contribution in [1.82, 2.24) is 0 Å². The van der Waals surface area contributed by atoms with Gasteiger partial charge < -0.3 is 0 Å². The van der Waals surface area contributed by atoms with E-state index in [1.807, 2.05) is 13.8 Å². The first-order valence-electron chi connectivity index (χ1n) is 4.21. The van der Waals surface area contributed by atoms with Gasteiger partial charge >= 0.3 is 5.97 Å². The van der Waals surface area contributed by atoms with E-state index < -0.39 is 5.97 Å². The molecule has 0 spiro atoms. The molecule has 0 bridgehead atoms. The van der Waals surface area contributed by atoms with Gasteiger partial charge in [-0.25, -0.2) is 4.79 Å². The van der Waals surface area contributed by atoms with Gasteiger partial charge in [0.2, 0.25) is 0 Å². The van der Waals surface area contributed by atoms with Gasteiger partial charge in [-0.3, -0.25) is 4.89 Å². The van der Waals surface area contributed by atoms with Crippen molar-refractivity contribution in [1.29, 1.82) is 0 Å². The van der Waals surface area contributed by atoms with Crippen molar-refractivity contribution in [3.8, 4) is 0 Å². The largest absolute Gasteiger partial charge is 0.368 e. The Morgan fingerprint density at radius 3 is 2.33 bits per heavy atom. The van der Waals surface area contributed by atoms with Crippen molar-refractivity contribution in [2.75, 3.05) is 0 Å². The van der Waals surface area contributed by atoms with Gasteiger partial charge in [-0.2, -0.15) is 5.26 Å². The molecular weight excluding hydrogens is 156 g/mol. The lowest BCUT2D eigenvalue weighted by molar-refractivity contribution is -0.229. The van der Waals surface area contributed by atoms with Crippen molar-refractivity contribution < 1.29 is 14.9 Å². The molecule has 0 atom stereocenters. The minimum atomic E-state index is -0.639. The third-order valence-corrected chi connectivity index (χ3v) is 1.90. The molecule has 0 saturated heterocycles. The summed E-state index contributed by atoms with van der Waals surface area (Å²) in [6.45, 7) is 5.71. The standard InChI is InChI=1S/C9H16O3/c1-4-6-8(5-2)7(3)9(10)12-11/h11H,4-6H2,1-3H3. The van der Waals surface area contributed by atoms with Gasteiger partial charge in [0.05, 0.1) is 0 Å². The van der Waals surface area contributed by atoms with Crippen molar-refractivity contribution in [3.63, 3.8) is 0 Å². The highest BCUT2D eigenvalue weighted by atomic mass is 17.1. The lowest BCUT2D eigenvalue weighted by Crippen LogP contribution is -2.05. The fourth-order valence-corrected chi connectivity index (χ4v) is 1.14. The van der Waals surface area contributed by atoms with Crippen LogP contribution in [0.1, 0.15) is 40.0 Å². The van der Waals surface area contributed by atoms with E-state index in [4.69, 9.17) is 5.26 Å². The molecule has 0 aliphatic heterocycles. The highest BCUT2D eigenvalue weighted by molar-refractivity contribution is 5.88. The summed E-state index contributed by atoms with van der Waals surface area (Å²) in [4.78, 5) is 14.5. The molecular formula is C9H16O3. The number of hydrogen-bond donors (Lipinski definition) is 1. The van der Waals surface area contributed by atoms with Crippen LogP contribution in [0.5, 0.6) is 0 Å². The fraction of sp³-hybridized carbons (Fsp3) is 0.667. The van der Waals surface area contributed by atoms with E-state index in [1.165, 1.54) is 0 Å². The molecule has 0 aliphatic carbocycles. The van der Waals surface area contributed by atoms with Crippen LogP contribution < -0.4 is 0 Å². The Labute approximate surface area is 73.0 Å². The van der Waals surface area contributed by atoms with E-state index >= 15 is 0 Å². The maximum atomic E-state index is 10.9. The van der Waals surface area contributed by atoms with E-state index in [9.17, 15) is 4.79 Å². The Morgan fingerprint density at radius 1 is 1.42 bits per heavy atom. The Balaban J connectivity index is 4.47. The van der Waals surface area contributed by atoms with E-state index in [0.717, 1.165) is 24.8 Å². The van der Waals surface area contributed by atoms with Crippen LogP contribution in [0, 0.1) is 0 Å². The molecule has 0 radical (unpaired) electrons. The molecule has 0 unspecified atom stereocenters. The summed E-state index contributed by atoms with van der Waals surface area (Å²) in [6.07, 6.45) is 2.71. The predicted octanol–water partition coefficient (Wildman–Crippen LogP) is 2.53. The van der Waals surface area contributed by atoms with Crippen LogP contribution in [-0.2, 0) is 9.68 Å². The molecule has 0 saturated carbocycles. The molecule has 3 nitrogen and oxygen atoms in total. The molecule has 3 heteroatoms. The van der Waals surface area contributed by atoms with Gasteiger partial charge in [0.1, 0.15) is 0 Å². The zero-order valence-electron chi connectivity index (χ0n) is 7.89. The average Bonchev–Trinajstić information content (AvgIpc) is 2.11. The van der Waals surface area contributed by atoms with Crippen LogP contribution in [0.15, 0.2) is 11.1 Å². The zero-order valence-corrected chi connectivity index (χ0v) is 7.89. The molecule has 0 amide bonds. The molecule has 1 N–H and O–H groups in total. The van der Waals surface area contributed by atoms with Crippen molar-refractivity contribution in [3.05, 3.63) is 11.1 Å². The van der Waals surface area contributed by atoms with Crippen LogP contribution in [0.25, 0.3) is 0 Å². The quantitative estimate of drug-likeness (QED) is 0.402. The molecule has 0 aromatic rings. The second kappa shape index (κ2) is 5.77. The molecule has 0 aromatic carbocycles. The molecule has 12 heavy (non-hydrogen) atoms. The third-order valence-electron chi connectivity index (χ3n) is 1.90. The summed E-state index contributed by atoms with van der Waals surface area (Å²) >= 11 is 0. The Morgan fingerprint density at radius 2 is 2.00 bits per heavy atom. The minimum absolute atomic E-state index is 0.529. The Bertz CT molecular complexity index is 182. The van der Waals surface area contributed by atoms with Crippen molar-refractivity contribution in [2.24, 2.45) is 0 Å². The molecule has 0 rings (SSSR count). The zero-order chi connectivity index (χ0) is 9.56. The molecule has 0 aromatic heterocycles. The van der Waals surface area contributed by atoms with Crippen LogP contribution in [0.2, 0.25) is 0 Å². The topological polar surface area (TPSA) is 46.5 Å². The number of allylic oxidation sites excluding steroid dienone is 1. The summed E-state index contributed by atoms with van der Waals surface area (Å²) in [7, 11) is 0. The number of hydrogen-bond acceptors (Lipinski definition) is 3. The third kappa shape index (κ3) is 3.05. The van der Waals surface area contributed by atoms with Gasteiger partial charge in [-0.05, 0) is 19.8 Å². The first-order chi connectivity index (χ1) is 5.67. The van der Waals surface area contributed by atoms with Gasteiger partial charge in [-0.15, -0.1) is 0 Å². The Hall–Kier alpha value is -0.830. The maximum Gasteiger partial charge on any atom is 0.368 e. The summed E-state index contributed by atoms with van der Waals surface area (Å²) in [5.41, 5.74) is 1.58. The normalized spacial score (nSPS) is 12.3. The van der Waals surface area contributed by atoms with Crippen molar-refractivity contribution >= 4 is 5.97 Å². The first-order valence-corrected chi connectivity index (χ1v) is 4.21. The number of rotatable bonds is 4. The maximum absolute atomic E-state index is 10.9. The predicted molar refractivity (Wildman–Crippen MR) is 46.6 cm³/mol. The first kappa shape index (κ1) is 11.2. The van der Waals surface area contributed by atoms with Crippen LogP contribution in [-0.4, -0.2) is 11.2 Å². The second-order valence-electron chi connectivity index (χ2n) is 2.71. The smallest absolute Gasteiger partial charge is 0.296 e. The number of carbonyl (C=O) groups is 1. The highest BCUT2D eigenvalue weighted by Gasteiger charge is 2.09. The van der Waals surface area contributed by atoms with Gasteiger partial charge in [-0.1, -0.05) is 25.8 Å². The second-order valence-corrected chi connectivity index (χ2v) is 2.71. The summed E-state index contributed by atoms with van der Waals surface area (Å²) in [5, 5.41) is 8.13. The van der Waals surface area contributed by atoms with E-state index in [-0.39, 0.29) is 0 Å². The molecule has 70 valence electrons. The van der Waals surface area contributed by atoms with Crippen LogP contribution in [0.4, 0.5) is 0 Å². The average molecular weight is 172 g/mol. The molecule has 0 heterocycles. The van der Waals surface area contributed by atoms with Gasteiger partial charge in [0, 0.05) is 5.57 Å². The molecule has 0 fully saturated rings. The fourth-order valence-electron chi connectivity index (χ4n) is 1.14. The van der Waals surface area contributed by atoms with E-state index in [1.54, 1.807) is 6.92 Å².